The fraction of sp³-hybridized carbons (Fsp3) is 0.364. The van der Waals surface area contributed by atoms with Gasteiger partial charge >= 0.3 is 0 Å². The van der Waals surface area contributed by atoms with E-state index >= 15 is 0 Å². The molecule has 1 heterocycles. The van der Waals surface area contributed by atoms with Crippen molar-refractivity contribution in [3.63, 3.8) is 0 Å². The fourth-order valence-electron chi connectivity index (χ4n) is 4.25. The summed E-state index contributed by atoms with van der Waals surface area (Å²) >= 11 is 6.22. The van der Waals surface area contributed by atoms with Gasteiger partial charge in [-0.1, -0.05) is 42.6 Å². The highest BCUT2D eigenvalue weighted by Gasteiger charge is 2.38. The molecule has 2 aromatic rings. The van der Waals surface area contributed by atoms with Gasteiger partial charge < -0.3 is 16.0 Å². The highest BCUT2D eigenvalue weighted by molar-refractivity contribution is 6.34. The van der Waals surface area contributed by atoms with Gasteiger partial charge in [0, 0.05) is 17.4 Å². The normalized spacial score (nSPS) is 22.9. The molecular weight excluding hydrogens is 409 g/mol. The van der Waals surface area contributed by atoms with E-state index in [-0.39, 0.29) is 30.3 Å². The Morgan fingerprint density at radius 3 is 2.48 bits per heavy atom. The van der Waals surface area contributed by atoms with E-state index < -0.39 is 0 Å². The van der Waals surface area contributed by atoms with E-state index in [0.717, 1.165) is 12.8 Å². The van der Waals surface area contributed by atoms with Crippen molar-refractivity contribution < 1.29 is 9.59 Å². The number of para-hydroxylation sites is 1. The molecule has 1 saturated heterocycles. The van der Waals surface area contributed by atoms with Crippen LogP contribution in [0.25, 0.3) is 0 Å². The van der Waals surface area contributed by atoms with Crippen LogP contribution in [0.5, 0.6) is 0 Å². The minimum absolute atomic E-state index is 0. The third kappa shape index (κ3) is 5.10. The number of amides is 2. The fourth-order valence-corrected chi connectivity index (χ4v) is 4.45. The van der Waals surface area contributed by atoms with Gasteiger partial charge in [-0.3, -0.25) is 9.59 Å². The van der Waals surface area contributed by atoms with Gasteiger partial charge in [0.2, 0.25) is 5.91 Å². The first-order valence-corrected chi connectivity index (χ1v) is 10.2. The summed E-state index contributed by atoms with van der Waals surface area (Å²) in [6.07, 6.45) is 5.73. The van der Waals surface area contributed by atoms with E-state index in [1.165, 1.54) is 19.3 Å². The van der Waals surface area contributed by atoms with E-state index in [1.807, 2.05) is 30.3 Å². The summed E-state index contributed by atoms with van der Waals surface area (Å²) in [5.41, 5.74) is 1.59. The lowest BCUT2D eigenvalue weighted by molar-refractivity contribution is -0.117. The smallest absolute Gasteiger partial charge is 0.257 e. The first-order valence-electron chi connectivity index (χ1n) is 9.83. The molecule has 3 atom stereocenters. The van der Waals surface area contributed by atoms with Crippen molar-refractivity contribution in [1.82, 2.24) is 5.32 Å². The average Bonchev–Trinajstić information content (AvgIpc) is 3.14. The largest absolute Gasteiger partial charge is 0.325 e. The van der Waals surface area contributed by atoms with Crippen molar-refractivity contribution in [3.8, 4) is 0 Å². The Hall–Kier alpha value is -2.08. The molecule has 2 fully saturated rings. The molecule has 3 N–H and O–H groups in total. The van der Waals surface area contributed by atoms with Crippen molar-refractivity contribution in [1.29, 1.82) is 0 Å². The summed E-state index contributed by atoms with van der Waals surface area (Å²) in [6.45, 7) is 0. The Bertz CT molecular complexity index is 862. The predicted molar refractivity (Wildman–Crippen MR) is 119 cm³/mol. The highest BCUT2D eigenvalue weighted by Crippen LogP contribution is 2.33. The Labute approximate surface area is 182 Å². The number of nitrogens with one attached hydrogen (secondary N) is 3. The van der Waals surface area contributed by atoms with Gasteiger partial charge in [0.15, 0.2) is 0 Å². The SMILES string of the molecule is Cl.O=C(Nc1ccccc1)c1cc(NC(=O)C2CC3CCCCC3N2)ccc1Cl. The monoisotopic (exact) mass is 433 g/mol. The van der Waals surface area contributed by atoms with Crippen LogP contribution in [-0.2, 0) is 4.79 Å². The van der Waals surface area contributed by atoms with E-state index in [2.05, 4.69) is 16.0 Å². The second kappa shape index (κ2) is 9.61. The van der Waals surface area contributed by atoms with E-state index in [0.29, 0.717) is 33.9 Å². The first kappa shape index (κ1) is 21.6. The lowest BCUT2D eigenvalue weighted by Crippen LogP contribution is -2.39. The minimum atomic E-state index is -0.308. The molecule has 154 valence electrons. The van der Waals surface area contributed by atoms with E-state index in [9.17, 15) is 9.59 Å². The molecule has 4 rings (SSSR count). The molecule has 0 aromatic heterocycles. The molecule has 2 aliphatic rings. The lowest BCUT2D eigenvalue weighted by atomic mass is 9.85. The molecular formula is C22H25Cl2N3O2. The Kier molecular flexibility index (Phi) is 7.17. The third-order valence-electron chi connectivity index (χ3n) is 5.69. The van der Waals surface area contributed by atoms with Crippen LogP contribution in [0.1, 0.15) is 42.5 Å². The van der Waals surface area contributed by atoms with Crippen molar-refractivity contribution in [3.05, 3.63) is 59.1 Å². The highest BCUT2D eigenvalue weighted by atomic mass is 35.5. The van der Waals surface area contributed by atoms with Crippen LogP contribution in [0.4, 0.5) is 11.4 Å². The molecule has 2 aromatic carbocycles. The Balaban J connectivity index is 0.00000240. The number of halogens is 2. The van der Waals surface area contributed by atoms with Crippen LogP contribution < -0.4 is 16.0 Å². The number of carbonyl (C=O) groups is 2. The van der Waals surface area contributed by atoms with Gasteiger partial charge in [-0.25, -0.2) is 0 Å². The second-order valence-electron chi connectivity index (χ2n) is 7.61. The third-order valence-corrected chi connectivity index (χ3v) is 6.02. The molecule has 1 aliphatic carbocycles. The Morgan fingerprint density at radius 2 is 1.72 bits per heavy atom. The maximum Gasteiger partial charge on any atom is 0.257 e. The van der Waals surface area contributed by atoms with Crippen LogP contribution in [-0.4, -0.2) is 23.9 Å². The number of hydrogen-bond acceptors (Lipinski definition) is 3. The quantitative estimate of drug-likeness (QED) is 0.643. The summed E-state index contributed by atoms with van der Waals surface area (Å²) in [6, 6.07) is 14.5. The van der Waals surface area contributed by atoms with Crippen LogP contribution in [0, 0.1) is 5.92 Å². The van der Waals surface area contributed by atoms with E-state index in [1.54, 1.807) is 18.2 Å². The molecule has 7 heteroatoms. The maximum atomic E-state index is 12.7. The summed E-state index contributed by atoms with van der Waals surface area (Å²) in [7, 11) is 0. The van der Waals surface area contributed by atoms with Gasteiger partial charge in [-0.2, -0.15) is 0 Å². The number of hydrogen-bond donors (Lipinski definition) is 3. The summed E-state index contributed by atoms with van der Waals surface area (Å²) in [5, 5.41) is 9.58. The molecule has 29 heavy (non-hydrogen) atoms. The minimum Gasteiger partial charge on any atom is -0.325 e. The van der Waals surface area contributed by atoms with Gasteiger partial charge in [-0.05, 0) is 55.5 Å². The first-order chi connectivity index (χ1) is 13.6. The number of carbonyl (C=O) groups excluding carboxylic acids is 2. The summed E-state index contributed by atoms with van der Waals surface area (Å²) in [4.78, 5) is 25.3. The summed E-state index contributed by atoms with van der Waals surface area (Å²) < 4.78 is 0. The standard InChI is InChI=1S/C22H24ClN3O2.ClH/c23-18-11-10-16(13-17(18)21(27)24-15-7-2-1-3-8-15)25-22(28)20-12-14-6-4-5-9-19(14)26-20;/h1-3,7-8,10-11,13-14,19-20,26H,4-6,9,12H2,(H,24,27)(H,25,28);1H. The van der Waals surface area contributed by atoms with Crippen LogP contribution in [0.2, 0.25) is 5.02 Å². The molecule has 3 unspecified atom stereocenters. The van der Waals surface area contributed by atoms with Crippen molar-refractivity contribution in [2.75, 3.05) is 10.6 Å². The van der Waals surface area contributed by atoms with Crippen molar-refractivity contribution >= 4 is 47.2 Å². The van der Waals surface area contributed by atoms with Gasteiger partial charge in [-0.15, -0.1) is 12.4 Å². The maximum absolute atomic E-state index is 12.7. The van der Waals surface area contributed by atoms with Crippen LogP contribution in [0.3, 0.4) is 0 Å². The van der Waals surface area contributed by atoms with Crippen molar-refractivity contribution in [2.45, 2.75) is 44.2 Å². The molecule has 0 bridgehead atoms. The zero-order chi connectivity index (χ0) is 19.5. The predicted octanol–water partition coefficient (Wildman–Crippen LogP) is 4.87. The zero-order valence-corrected chi connectivity index (χ0v) is 17.6. The van der Waals surface area contributed by atoms with Gasteiger partial charge in [0.25, 0.3) is 5.91 Å². The van der Waals surface area contributed by atoms with Gasteiger partial charge in [0.1, 0.15) is 0 Å². The topological polar surface area (TPSA) is 70.2 Å². The van der Waals surface area contributed by atoms with E-state index in [4.69, 9.17) is 11.6 Å². The van der Waals surface area contributed by atoms with Crippen molar-refractivity contribution in [2.24, 2.45) is 5.92 Å². The number of benzene rings is 2. The number of rotatable bonds is 4. The zero-order valence-electron chi connectivity index (χ0n) is 16.0. The molecule has 0 radical (unpaired) electrons. The number of fused-ring (bicyclic) bond motifs is 1. The molecule has 1 aliphatic heterocycles. The van der Waals surface area contributed by atoms with Gasteiger partial charge in [0.05, 0.1) is 16.6 Å². The van der Waals surface area contributed by atoms with Crippen LogP contribution >= 0.6 is 24.0 Å². The summed E-state index contributed by atoms with van der Waals surface area (Å²) in [5.74, 6) is 0.241. The Morgan fingerprint density at radius 1 is 0.966 bits per heavy atom. The number of anilines is 2. The molecule has 1 saturated carbocycles. The molecule has 5 nitrogen and oxygen atoms in total. The molecule has 2 amide bonds. The second-order valence-corrected chi connectivity index (χ2v) is 8.02. The average molecular weight is 434 g/mol. The molecule has 0 spiro atoms. The lowest BCUT2D eigenvalue weighted by Gasteiger charge is -2.24. The van der Waals surface area contributed by atoms with Crippen LogP contribution in [0.15, 0.2) is 48.5 Å².